The molecule has 1 aromatic heterocycles. The Morgan fingerprint density at radius 3 is 2.53 bits per heavy atom. The average Bonchev–Trinajstić information content (AvgIpc) is 2.87. The van der Waals surface area contributed by atoms with Gasteiger partial charge in [0.1, 0.15) is 5.78 Å². The molecule has 0 spiro atoms. The SMILES string of the molecule is CCCCCn1c(SCC(=O)C(C)(C)C)nc2cc(C(=O)N3CCc4ccccc4C3)ccc2c1=O. The fourth-order valence-electron chi connectivity index (χ4n) is 4.36. The summed E-state index contributed by atoms with van der Waals surface area (Å²) < 4.78 is 1.70. The molecule has 3 aromatic rings. The standard InChI is InChI=1S/C29H35N3O3S/c1-5-6-9-15-32-27(35)23-13-12-21(17-24(23)30-28(32)36-19-25(33)29(2,3)4)26(34)31-16-14-20-10-7-8-11-22(20)18-31/h7-8,10-13,17H,5-6,9,14-16,18-19H2,1-4H3. The van der Waals surface area contributed by atoms with Gasteiger partial charge in [-0.05, 0) is 42.2 Å². The molecule has 0 N–H and O–H groups in total. The predicted molar refractivity (Wildman–Crippen MR) is 146 cm³/mol. The average molecular weight is 506 g/mol. The Morgan fingerprint density at radius 2 is 1.81 bits per heavy atom. The van der Waals surface area contributed by atoms with Gasteiger partial charge in [-0.2, -0.15) is 0 Å². The topological polar surface area (TPSA) is 72.3 Å². The van der Waals surface area contributed by atoms with Crippen LogP contribution in [0.25, 0.3) is 10.9 Å². The molecule has 1 aliphatic heterocycles. The Labute approximate surface area is 217 Å². The molecule has 190 valence electrons. The molecule has 0 saturated heterocycles. The van der Waals surface area contributed by atoms with Crippen LogP contribution in [0.4, 0.5) is 0 Å². The van der Waals surface area contributed by atoms with Crippen LogP contribution >= 0.6 is 11.8 Å². The highest BCUT2D eigenvalue weighted by molar-refractivity contribution is 7.99. The van der Waals surface area contributed by atoms with E-state index in [1.54, 1.807) is 22.8 Å². The lowest BCUT2D eigenvalue weighted by molar-refractivity contribution is -0.123. The van der Waals surface area contributed by atoms with Crippen molar-refractivity contribution in [1.82, 2.24) is 14.5 Å². The number of carbonyl (C=O) groups excluding carboxylic acids is 2. The van der Waals surface area contributed by atoms with Gasteiger partial charge in [-0.1, -0.05) is 76.6 Å². The van der Waals surface area contributed by atoms with Gasteiger partial charge in [0.2, 0.25) is 0 Å². The summed E-state index contributed by atoms with van der Waals surface area (Å²) in [5.74, 6) is 0.301. The third-order valence-corrected chi connectivity index (χ3v) is 7.72. The molecule has 1 amide bonds. The molecule has 0 unspecified atom stereocenters. The third kappa shape index (κ3) is 5.72. The van der Waals surface area contributed by atoms with Gasteiger partial charge in [0.15, 0.2) is 5.16 Å². The summed E-state index contributed by atoms with van der Waals surface area (Å²) in [7, 11) is 0. The van der Waals surface area contributed by atoms with Gasteiger partial charge in [-0.25, -0.2) is 4.98 Å². The summed E-state index contributed by atoms with van der Waals surface area (Å²) in [6.07, 6.45) is 3.77. The van der Waals surface area contributed by atoms with Crippen LogP contribution in [0.15, 0.2) is 52.4 Å². The summed E-state index contributed by atoms with van der Waals surface area (Å²) in [4.78, 5) is 46.0. The highest BCUT2D eigenvalue weighted by Crippen LogP contribution is 2.25. The Hall–Kier alpha value is -2.93. The molecule has 0 saturated carbocycles. The molecule has 0 bridgehead atoms. The number of unbranched alkanes of at least 4 members (excludes halogenated alkanes) is 2. The molecule has 6 nitrogen and oxygen atoms in total. The van der Waals surface area contributed by atoms with Gasteiger partial charge < -0.3 is 4.90 Å². The Balaban J connectivity index is 1.65. The van der Waals surface area contributed by atoms with E-state index in [1.165, 1.54) is 22.9 Å². The van der Waals surface area contributed by atoms with E-state index in [0.717, 1.165) is 25.7 Å². The molecule has 4 rings (SSSR count). The van der Waals surface area contributed by atoms with E-state index in [0.29, 0.717) is 41.3 Å². The zero-order chi connectivity index (χ0) is 25.9. The first-order valence-electron chi connectivity index (χ1n) is 12.8. The fraction of sp³-hybridized carbons (Fsp3) is 0.448. The number of aromatic nitrogens is 2. The minimum Gasteiger partial charge on any atom is -0.334 e. The summed E-state index contributed by atoms with van der Waals surface area (Å²) in [6, 6.07) is 13.4. The van der Waals surface area contributed by atoms with Gasteiger partial charge in [0, 0.05) is 30.6 Å². The van der Waals surface area contributed by atoms with Crippen molar-refractivity contribution in [1.29, 1.82) is 0 Å². The molecule has 2 heterocycles. The Morgan fingerprint density at radius 1 is 1.06 bits per heavy atom. The number of hydrogen-bond donors (Lipinski definition) is 0. The molecule has 0 atom stereocenters. The van der Waals surface area contributed by atoms with Gasteiger partial charge in [0.05, 0.1) is 16.7 Å². The minimum absolute atomic E-state index is 0.0579. The van der Waals surface area contributed by atoms with Crippen molar-refractivity contribution in [2.75, 3.05) is 12.3 Å². The van der Waals surface area contributed by atoms with E-state index >= 15 is 0 Å². The number of fused-ring (bicyclic) bond motifs is 2. The Bertz CT molecular complexity index is 1340. The number of ketones is 1. The van der Waals surface area contributed by atoms with Crippen molar-refractivity contribution in [3.05, 3.63) is 69.5 Å². The first kappa shape index (κ1) is 26.1. The highest BCUT2D eigenvalue weighted by atomic mass is 32.2. The lowest BCUT2D eigenvalue weighted by Crippen LogP contribution is -2.36. The lowest BCUT2D eigenvalue weighted by Gasteiger charge is -2.29. The predicted octanol–water partition coefficient (Wildman–Crippen LogP) is 5.49. The molecule has 36 heavy (non-hydrogen) atoms. The summed E-state index contributed by atoms with van der Waals surface area (Å²) in [5.41, 5.74) is 2.92. The monoisotopic (exact) mass is 505 g/mol. The number of carbonyl (C=O) groups is 2. The number of nitrogens with zero attached hydrogens (tertiary/aromatic N) is 3. The largest absolute Gasteiger partial charge is 0.334 e. The molecule has 0 aliphatic carbocycles. The van der Waals surface area contributed by atoms with Crippen molar-refractivity contribution in [3.8, 4) is 0 Å². The zero-order valence-corrected chi connectivity index (χ0v) is 22.5. The number of hydrogen-bond acceptors (Lipinski definition) is 5. The second kappa shape index (κ2) is 11.0. The summed E-state index contributed by atoms with van der Waals surface area (Å²) in [5, 5.41) is 1.04. The van der Waals surface area contributed by atoms with E-state index in [9.17, 15) is 14.4 Å². The van der Waals surface area contributed by atoms with Crippen LogP contribution in [0, 0.1) is 5.41 Å². The van der Waals surface area contributed by atoms with Crippen molar-refractivity contribution in [2.24, 2.45) is 5.41 Å². The van der Waals surface area contributed by atoms with Crippen LogP contribution in [0.2, 0.25) is 0 Å². The fourth-order valence-corrected chi connectivity index (χ4v) is 5.55. The number of thioether (sulfide) groups is 1. The number of rotatable bonds is 8. The van der Waals surface area contributed by atoms with Crippen molar-refractivity contribution < 1.29 is 9.59 Å². The summed E-state index contributed by atoms with van der Waals surface area (Å²) >= 11 is 1.31. The molecule has 1 aliphatic rings. The maximum absolute atomic E-state index is 13.4. The van der Waals surface area contributed by atoms with E-state index in [2.05, 4.69) is 19.1 Å². The Kier molecular flexibility index (Phi) is 7.98. The van der Waals surface area contributed by atoms with Crippen molar-refractivity contribution >= 4 is 34.4 Å². The van der Waals surface area contributed by atoms with Crippen LogP contribution in [-0.2, 0) is 24.3 Å². The number of amides is 1. The van der Waals surface area contributed by atoms with Crippen LogP contribution in [0.5, 0.6) is 0 Å². The van der Waals surface area contributed by atoms with Crippen LogP contribution in [0.1, 0.15) is 68.4 Å². The molecule has 0 radical (unpaired) electrons. The highest BCUT2D eigenvalue weighted by Gasteiger charge is 2.24. The first-order chi connectivity index (χ1) is 17.2. The second-order valence-corrected chi connectivity index (χ2v) is 11.4. The van der Waals surface area contributed by atoms with Gasteiger partial charge in [-0.15, -0.1) is 0 Å². The van der Waals surface area contributed by atoms with Crippen LogP contribution in [0.3, 0.4) is 0 Å². The van der Waals surface area contributed by atoms with E-state index < -0.39 is 5.41 Å². The van der Waals surface area contributed by atoms with Crippen molar-refractivity contribution in [2.45, 2.75) is 71.6 Å². The lowest BCUT2D eigenvalue weighted by atomic mass is 9.92. The van der Waals surface area contributed by atoms with Crippen molar-refractivity contribution in [3.63, 3.8) is 0 Å². The van der Waals surface area contributed by atoms with E-state index in [1.807, 2.05) is 37.8 Å². The normalized spacial score (nSPS) is 13.6. The number of Topliss-reactive ketones (excluding diaryl/α,β-unsaturated/α-hetero) is 1. The van der Waals surface area contributed by atoms with Gasteiger partial charge >= 0.3 is 0 Å². The van der Waals surface area contributed by atoms with Gasteiger partial charge in [-0.3, -0.25) is 19.0 Å². The zero-order valence-electron chi connectivity index (χ0n) is 21.7. The molecular weight excluding hydrogens is 470 g/mol. The molecular formula is C29H35N3O3S. The summed E-state index contributed by atoms with van der Waals surface area (Å²) in [6.45, 7) is 9.62. The van der Waals surface area contributed by atoms with Gasteiger partial charge in [0.25, 0.3) is 11.5 Å². The first-order valence-corrected chi connectivity index (χ1v) is 13.7. The third-order valence-electron chi connectivity index (χ3n) is 6.74. The van der Waals surface area contributed by atoms with E-state index in [4.69, 9.17) is 4.98 Å². The number of benzene rings is 2. The smallest absolute Gasteiger partial charge is 0.262 e. The maximum atomic E-state index is 13.4. The molecule has 2 aromatic carbocycles. The second-order valence-electron chi connectivity index (χ2n) is 10.5. The molecule has 0 fully saturated rings. The van der Waals surface area contributed by atoms with Crippen LogP contribution < -0.4 is 5.56 Å². The maximum Gasteiger partial charge on any atom is 0.262 e. The van der Waals surface area contributed by atoms with E-state index in [-0.39, 0.29) is 23.0 Å². The quantitative estimate of drug-likeness (QED) is 0.230. The molecule has 7 heteroatoms. The van der Waals surface area contributed by atoms with Crippen LogP contribution in [-0.4, -0.2) is 38.4 Å². The minimum atomic E-state index is -0.455.